The van der Waals surface area contributed by atoms with Gasteiger partial charge in [-0.25, -0.2) is 4.98 Å². The largest absolute Gasteiger partial charge is 0.492 e. The minimum atomic E-state index is -0.116. The van der Waals surface area contributed by atoms with Gasteiger partial charge in [-0.05, 0) is 43.0 Å². The Morgan fingerprint density at radius 1 is 1.15 bits per heavy atom. The van der Waals surface area contributed by atoms with Crippen LogP contribution in [-0.4, -0.2) is 33.9 Å². The fourth-order valence-corrected chi connectivity index (χ4v) is 4.17. The molecule has 2 aromatic carbocycles. The van der Waals surface area contributed by atoms with Crippen molar-refractivity contribution in [3.05, 3.63) is 59.9 Å². The number of H-pyrrole nitrogens is 1. The summed E-state index contributed by atoms with van der Waals surface area (Å²) in [6, 6.07) is 16.0. The molecule has 2 aliphatic rings. The molecule has 0 spiro atoms. The number of carbonyl (C=O) groups excluding carboxylic acids is 1. The molecule has 0 radical (unpaired) electrons. The van der Waals surface area contributed by atoms with E-state index in [0.717, 1.165) is 54.0 Å². The van der Waals surface area contributed by atoms with Crippen LogP contribution >= 0.6 is 0 Å². The number of likely N-dealkylation sites (tertiary alicyclic amines) is 1. The third kappa shape index (κ3) is 2.55. The molecule has 1 aromatic heterocycles. The van der Waals surface area contributed by atoms with Crippen molar-refractivity contribution in [2.45, 2.75) is 25.3 Å². The van der Waals surface area contributed by atoms with E-state index in [1.165, 1.54) is 0 Å². The van der Waals surface area contributed by atoms with Gasteiger partial charge in [0.05, 0.1) is 23.0 Å². The summed E-state index contributed by atoms with van der Waals surface area (Å²) in [4.78, 5) is 23.3. The van der Waals surface area contributed by atoms with Crippen LogP contribution in [0.3, 0.4) is 0 Å². The molecule has 132 valence electrons. The average molecular weight is 347 g/mol. The van der Waals surface area contributed by atoms with Crippen molar-refractivity contribution in [3.8, 4) is 5.75 Å². The van der Waals surface area contributed by atoms with E-state index in [-0.39, 0.29) is 17.9 Å². The second-order valence-corrected chi connectivity index (χ2v) is 7.15. The first-order valence-corrected chi connectivity index (χ1v) is 9.25. The van der Waals surface area contributed by atoms with Crippen molar-refractivity contribution in [1.29, 1.82) is 0 Å². The second-order valence-electron chi connectivity index (χ2n) is 7.15. The molecular formula is C21H21N3O2. The number of rotatable bonds is 2. The number of nitrogens with zero attached hydrogens (tertiary/aromatic N) is 2. The van der Waals surface area contributed by atoms with Gasteiger partial charge >= 0.3 is 0 Å². The van der Waals surface area contributed by atoms with Crippen LogP contribution in [0.4, 0.5) is 0 Å². The molecular weight excluding hydrogens is 326 g/mol. The Morgan fingerprint density at radius 3 is 2.92 bits per heavy atom. The van der Waals surface area contributed by atoms with Crippen LogP contribution < -0.4 is 4.74 Å². The first-order chi connectivity index (χ1) is 12.8. The zero-order valence-electron chi connectivity index (χ0n) is 14.5. The molecule has 5 nitrogen and oxygen atoms in total. The smallest absolute Gasteiger partial charge is 0.230 e. The highest BCUT2D eigenvalue weighted by Crippen LogP contribution is 2.35. The molecule has 1 fully saturated rings. The van der Waals surface area contributed by atoms with Crippen molar-refractivity contribution in [1.82, 2.24) is 14.9 Å². The van der Waals surface area contributed by atoms with Gasteiger partial charge in [0.2, 0.25) is 5.91 Å². The van der Waals surface area contributed by atoms with Gasteiger partial charge in [0.25, 0.3) is 0 Å². The number of aromatic amines is 1. The molecule has 1 N–H and O–H groups in total. The Balaban J connectivity index is 1.39. The molecule has 26 heavy (non-hydrogen) atoms. The first-order valence-electron chi connectivity index (χ1n) is 9.25. The standard InChI is InChI=1S/C21H21N3O2/c25-21(15-12-14-6-1-4-10-19(14)26-13-15)24-11-5-9-18(24)20-22-16-7-2-3-8-17(16)23-20/h1-4,6-8,10,15,18H,5,9,11-13H2,(H,22,23). The number of benzene rings is 2. The van der Waals surface area contributed by atoms with E-state index in [2.05, 4.69) is 11.1 Å². The van der Waals surface area contributed by atoms with Crippen molar-refractivity contribution >= 4 is 16.9 Å². The number of imidazole rings is 1. The van der Waals surface area contributed by atoms with E-state index in [4.69, 9.17) is 9.72 Å². The molecule has 5 heteroatoms. The molecule has 0 bridgehead atoms. The molecule has 1 saturated heterocycles. The highest BCUT2D eigenvalue weighted by molar-refractivity contribution is 5.81. The Kier molecular flexibility index (Phi) is 3.66. The van der Waals surface area contributed by atoms with Gasteiger partial charge in [0.15, 0.2) is 0 Å². The maximum absolute atomic E-state index is 13.2. The summed E-state index contributed by atoms with van der Waals surface area (Å²) in [5.41, 5.74) is 3.10. The fraction of sp³-hybridized carbons (Fsp3) is 0.333. The zero-order valence-corrected chi connectivity index (χ0v) is 14.5. The van der Waals surface area contributed by atoms with Gasteiger partial charge in [-0.1, -0.05) is 30.3 Å². The molecule has 1 amide bonds. The molecule has 2 unspecified atom stereocenters. The number of hydrogen-bond donors (Lipinski definition) is 1. The summed E-state index contributed by atoms with van der Waals surface area (Å²) in [7, 11) is 0. The fourth-order valence-electron chi connectivity index (χ4n) is 4.17. The van der Waals surface area contributed by atoms with Gasteiger partial charge in [0.1, 0.15) is 18.2 Å². The summed E-state index contributed by atoms with van der Waals surface area (Å²) in [5.74, 6) is 1.87. The number of para-hydroxylation sites is 3. The summed E-state index contributed by atoms with van der Waals surface area (Å²) in [5, 5.41) is 0. The summed E-state index contributed by atoms with van der Waals surface area (Å²) >= 11 is 0. The lowest BCUT2D eigenvalue weighted by atomic mass is 9.95. The number of aromatic nitrogens is 2. The topological polar surface area (TPSA) is 58.2 Å². The zero-order chi connectivity index (χ0) is 17.5. The number of ether oxygens (including phenoxy) is 1. The highest BCUT2D eigenvalue weighted by Gasteiger charge is 2.37. The van der Waals surface area contributed by atoms with E-state index < -0.39 is 0 Å². The number of amides is 1. The van der Waals surface area contributed by atoms with Crippen LogP contribution in [0.5, 0.6) is 5.75 Å². The Morgan fingerprint density at radius 2 is 2.00 bits per heavy atom. The van der Waals surface area contributed by atoms with E-state index in [0.29, 0.717) is 6.61 Å². The molecule has 3 aromatic rings. The maximum atomic E-state index is 13.2. The van der Waals surface area contributed by atoms with Gasteiger partial charge in [0, 0.05) is 6.54 Å². The van der Waals surface area contributed by atoms with Crippen molar-refractivity contribution in [2.75, 3.05) is 13.2 Å². The van der Waals surface area contributed by atoms with E-state index >= 15 is 0 Å². The second kappa shape index (κ2) is 6.16. The normalized spacial score (nSPS) is 22.2. The third-order valence-electron chi connectivity index (χ3n) is 5.49. The summed E-state index contributed by atoms with van der Waals surface area (Å²) in [6.45, 7) is 1.25. The molecule has 2 aliphatic heterocycles. The van der Waals surface area contributed by atoms with Crippen LogP contribution in [0.25, 0.3) is 11.0 Å². The first kappa shape index (κ1) is 15.4. The number of nitrogens with one attached hydrogen (secondary N) is 1. The lowest BCUT2D eigenvalue weighted by Gasteiger charge is -2.30. The molecule has 0 saturated carbocycles. The van der Waals surface area contributed by atoms with Crippen molar-refractivity contribution in [3.63, 3.8) is 0 Å². The van der Waals surface area contributed by atoms with E-state index in [1.54, 1.807) is 0 Å². The van der Waals surface area contributed by atoms with Crippen LogP contribution in [0.15, 0.2) is 48.5 Å². The molecule has 3 heterocycles. The Bertz CT molecular complexity index is 932. The van der Waals surface area contributed by atoms with Gasteiger partial charge in [-0.2, -0.15) is 0 Å². The minimum Gasteiger partial charge on any atom is -0.492 e. The SMILES string of the molecule is O=C(C1COc2ccccc2C1)N1CCCC1c1nc2ccccc2[nH]1. The molecule has 0 aliphatic carbocycles. The Hall–Kier alpha value is -2.82. The van der Waals surface area contributed by atoms with Crippen LogP contribution in [0.1, 0.15) is 30.3 Å². The summed E-state index contributed by atoms with van der Waals surface area (Å²) < 4.78 is 5.83. The number of fused-ring (bicyclic) bond motifs is 2. The van der Waals surface area contributed by atoms with Crippen LogP contribution in [0.2, 0.25) is 0 Å². The van der Waals surface area contributed by atoms with Gasteiger partial charge < -0.3 is 14.6 Å². The van der Waals surface area contributed by atoms with Crippen molar-refractivity contribution in [2.24, 2.45) is 5.92 Å². The maximum Gasteiger partial charge on any atom is 0.230 e. The monoisotopic (exact) mass is 347 g/mol. The minimum absolute atomic E-state index is 0.0343. The number of carbonyl (C=O) groups is 1. The van der Waals surface area contributed by atoms with Gasteiger partial charge in [-0.15, -0.1) is 0 Å². The predicted octanol–water partition coefficient (Wildman–Crippen LogP) is 3.48. The van der Waals surface area contributed by atoms with E-state index in [1.807, 2.05) is 47.4 Å². The Labute approximate surface area is 152 Å². The van der Waals surface area contributed by atoms with Crippen molar-refractivity contribution < 1.29 is 9.53 Å². The van der Waals surface area contributed by atoms with Crippen LogP contribution in [0, 0.1) is 5.92 Å². The van der Waals surface area contributed by atoms with E-state index in [9.17, 15) is 4.79 Å². The average Bonchev–Trinajstić information content (AvgIpc) is 3.33. The highest BCUT2D eigenvalue weighted by atomic mass is 16.5. The predicted molar refractivity (Wildman–Crippen MR) is 98.9 cm³/mol. The molecule has 2 atom stereocenters. The number of hydrogen-bond acceptors (Lipinski definition) is 3. The third-order valence-corrected chi connectivity index (χ3v) is 5.49. The summed E-state index contributed by atoms with van der Waals surface area (Å²) in [6.07, 6.45) is 2.71. The quantitative estimate of drug-likeness (QED) is 0.772. The van der Waals surface area contributed by atoms with Crippen LogP contribution in [-0.2, 0) is 11.2 Å². The van der Waals surface area contributed by atoms with Gasteiger partial charge in [-0.3, -0.25) is 4.79 Å². The lowest BCUT2D eigenvalue weighted by Crippen LogP contribution is -2.40. The molecule has 5 rings (SSSR count). The lowest BCUT2D eigenvalue weighted by molar-refractivity contribution is -0.138.